The molecule has 2 rings (SSSR count). The largest absolute Gasteiger partial charge is 0.336 e. The van der Waals surface area contributed by atoms with Gasteiger partial charge in [0.15, 0.2) is 0 Å². The Labute approximate surface area is 133 Å². The van der Waals surface area contributed by atoms with Gasteiger partial charge in [0.05, 0.1) is 5.75 Å². The number of carbonyl (C=O) groups is 1. The van der Waals surface area contributed by atoms with Crippen LogP contribution in [0.1, 0.15) is 36.2 Å². The highest BCUT2D eigenvalue weighted by molar-refractivity contribution is 7.89. The maximum atomic E-state index is 12.5. The third kappa shape index (κ3) is 3.87. The summed E-state index contributed by atoms with van der Waals surface area (Å²) in [5.41, 5.74) is 1.91. The first-order valence-electron chi connectivity index (χ1n) is 7.84. The first-order chi connectivity index (χ1) is 10.5. The zero-order valence-corrected chi connectivity index (χ0v) is 14.1. The lowest BCUT2D eigenvalue weighted by atomic mass is 10.1. The number of rotatable bonds is 5. The van der Waals surface area contributed by atoms with Gasteiger partial charge in [-0.15, -0.1) is 0 Å². The number of hydrogen-bond acceptors (Lipinski definition) is 3. The van der Waals surface area contributed by atoms with E-state index in [1.165, 1.54) is 9.87 Å². The van der Waals surface area contributed by atoms with Gasteiger partial charge in [0.2, 0.25) is 10.0 Å². The predicted octanol–water partition coefficient (Wildman–Crippen LogP) is 1.75. The summed E-state index contributed by atoms with van der Waals surface area (Å²) in [6.07, 6.45) is 2.10. The second-order valence-corrected chi connectivity index (χ2v) is 7.80. The van der Waals surface area contributed by atoms with E-state index >= 15 is 0 Å². The van der Waals surface area contributed by atoms with Crippen LogP contribution in [0, 0.1) is 0 Å². The van der Waals surface area contributed by atoms with Crippen LogP contribution in [0.4, 0.5) is 0 Å². The molecule has 0 atom stereocenters. The molecule has 1 aromatic carbocycles. The van der Waals surface area contributed by atoms with Gasteiger partial charge in [-0.3, -0.25) is 4.79 Å². The minimum Gasteiger partial charge on any atom is -0.336 e. The van der Waals surface area contributed by atoms with Gasteiger partial charge in [0, 0.05) is 31.7 Å². The Bertz CT molecular complexity index is 603. The summed E-state index contributed by atoms with van der Waals surface area (Å²) in [4.78, 5) is 14.2. The summed E-state index contributed by atoms with van der Waals surface area (Å²) < 4.78 is 25.1. The SMILES string of the molecule is CCCc1ccc(C(=O)N2CCN(S(=O)(=O)CC)CC2)cc1. The number of piperazine rings is 1. The van der Waals surface area contributed by atoms with Crippen LogP contribution in [-0.2, 0) is 16.4 Å². The van der Waals surface area contributed by atoms with Crippen molar-refractivity contribution < 1.29 is 13.2 Å². The van der Waals surface area contributed by atoms with Crippen molar-refractivity contribution in [2.24, 2.45) is 0 Å². The van der Waals surface area contributed by atoms with Crippen molar-refractivity contribution >= 4 is 15.9 Å². The van der Waals surface area contributed by atoms with Crippen LogP contribution in [0.15, 0.2) is 24.3 Å². The molecule has 1 fully saturated rings. The molecule has 0 bridgehead atoms. The minimum absolute atomic E-state index is 0.0170. The van der Waals surface area contributed by atoms with Gasteiger partial charge in [-0.25, -0.2) is 8.42 Å². The van der Waals surface area contributed by atoms with Crippen molar-refractivity contribution in [2.75, 3.05) is 31.9 Å². The highest BCUT2D eigenvalue weighted by atomic mass is 32.2. The fourth-order valence-corrected chi connectivity index (χ4v) is 3.72. The van der Waals surface area contributed by atoms with Gasteiger partial charge in [-0.1, -0.05) is 25.5 Å². The molecule has 0 saturated carbocycles. The number of nitrogens with zero attached hydrogens (tertiary/aromatic N) is 2. The zero-order valence-electron chi connectivity index (χ0n) is 13.3. The lowest BCUT2D eigenvalue weighted by Crippen LogP contribution is -2.50. The maximum absolute atomic E-state index is 12.5. The van der Waals surface area contributed by atoms with E-state index in [0.717, 1.165) is 12.8 Å². The third-order valence-electron chi connectivity index (χ3n) is 4.02. The Morgan fingerprint density at radius 3 is 2.14 bits per heavy atom. The smallest absolute Gasteiger partial charge is 0.253 e. The van der Waals surface area contributed by atoms with Crippen LogP contribution in [0.25, 0.3) is 0 Å². The highest BCUT2D eigenvalue weighted by Gasteiger charge is 2.27. The number of hydrogen-bond donors (Lipinski definition) is 0. The molecule has 122 valence electrons. The van der Waals surface area contributed by atoms with Crippen molar-refractivity contribution in [3.63, 3.8) is 0 Å². The molecule has 0 radical (unpaired) electrons. The Morgan fingerprint density at radius 1 is 1.05 bits per heavy atom. The summed E-state index contributed by atoms with van der Waals surface area (Å²) in [5, 5.41) is 0. The minimum atomic E-state index is -3.15. The first-order valence-corrected chi connectivity index (χ1v) is 9.45. The van der Waals surface area contributed by atoms with E-state index in [4.69, 9.17) is 0 Å². The predicted molar refractivity (Wildman–Crippen MR) is 87.4 cm³/mol. The van der Waals surface area contributed by atoms with E-state index in [-0.39, 0.29) is 11.7 Å². The van der Waals surface area contributed by atoms with Gasteiger partial charge in [-0.05, 0) is 31.0 Å². The standard InChI is InChI=1S/C16H24N2O3S/c1-3-5-14-6-8-15(9-7-14)16(19)17-10-12-18(13-11-17)22(20,21)4-2/h6-9H,3-5,10-13H2,1-2H3. The first kappa shape index (κ1) is 17.0. The number of sulfonamides is 1. The fourth-order valence-electron chi connectivity index (χ4n) is 2.64. The van der Waals surface area contributed by atoms with E-state index in [0.29, 0.717) is 31.7 Å². The number of carbonyl (C=O) groups excluding carboxylic acids is 1. The maximum Gasteiger partial charge on any atom is 0.253 e. The van der Waals surface area contributed by atoms with E-state index in [1.807, 2.05) is 24.3 Å². The summed E-state index contributed by atoms with van der Waals surface area (Å²) in [5.74, 6) is 0.0939. The Hall–Kier alpha value is -1.40. The average Bonchev–Trinajstić information content (AvgIpc) is 2.55. The number of benzene rings is 1. The molecule has 1 aromatic rings. The Kier molecular flexibility index (Phi) is 5.58. The lowest BCUT2D eigenvalue weighted by molar-refractivity contribution is 0.0698. The fraction of sp³-hybridized carbons (Fsp3) is 0.562. The summed E-state index contributed by atoms with van der Waals surface area (Å²) in [7, 11) is -3.15. The van der Waals surface area contributed by atoms with E-state index in [1.54, 1.807) is 11.8 Å². The van der Waals surface area contributed by atoms with E-state index in [9.17, 15) is 13.2 Å². The van der Waals surface area contributed by atoms with Crippen LogP contribution in [-0.4, -0.2) is 55.5 Å². The monoisotopic (exact) mass is 324 g/mol. The Morgan fingerprint density at radius 2 is 1.64 bits per heavy atom. The lowest BCUT2D eigenvalue weighted by Gasteiger charge is -2.33. The molecule has 0 aliphatic carbocycles. The van der Waals surface area contributed by atoms with E-state index in [2.05, 4.69) is 6.92 Å². The van der Waals surface area contributed by atoms with Crippen molar-refractivity contribution in [3.8, 4) is 0 Å². The van der Waals surface area contributed by atoms with Crippen molar-refractivity contribution in [3.05, 3.63) is 35.4 Å². The number of amides is 1. The molecule has 1 amide bonds. The molecule has 22 heavy (non-hydrogen) atoms. The molecule has 0 N–H and O–H groups in total. The van der Waals surface area contributed by atoms with Gasteiger partial charge in [-0.2, -0.15) is 4.31 Å². The van der Waals surface area contributed by atoms with Gasteiger partial charge < -0.3 is 4.90 Å². The van der Waals surface area contributed by atoms with Crippen molar-refractivity contribution in [1.29, 1.82) is 0 Å². The average molecular weight is 324 g/mol. The summed E-state index contributed by atoms with van der Waals surface area (Å²) >= 11 is 0. The topological polar surface area (TPSA) is 57.7 Å². The van der Waals surface area contributed by atoms with E-state index < -0.39 is 10.0 Å². The van der Waals surface area contributed by atoms with Crippen molar-refractivity contribution in [1.82, 2.24) is 9.21 Å². The quantitative estimate of drug-likeness (QED) is 0.829. The summed E-state index contributed by atoms with van der Waals surface area (Å²) in [6, 6.07) is 7.72. The normalized spacial score (nSPS) is 16.7. The Balaban J connectivity index is 1.97. The van der Waals surface area contributed by atoms with Crippen LogP contribution < -0.4 is 0 Å². The van der Waals surface area contributed by atoms with Gasteiger partial charge >= 0.3 is 0 Å². The van der Waals surface area contributed by atoms with Gasteiger partial charge in [0.25, 0.3) is 5.91 Å². The van der Waals surface area contributed by atoms with Crippen LogP contribution in [0.5, 0.6) is 0 Å². The molecular weight excluding hydrogens is 300 g/mol. The molecule has 1 saturated heterocycles. The molecule has 0 unspecified atom stereocenters. The molecule has 1 aliphatic rings. The number of aryl methyl sites for hydroxylation is 1. The zero-order chi connectivity index (χ0) is 16.2. The van der Waals surface area contributed by atoms with Crippen LogP contribution >= 0.6 is 0 Å². The van der Waals surface area contributed by atoms with Crippen molar-refractivity contribution in [2.45, 2.75) is 26.7 Å². The molecule has 1 heterocycles. The molecule has 6 heteroatoms. The molecule has 0 aromatic heterocycles. The summed E-state index contributed by atoms with van der Waals surface area (Å²) in [6.45, 7) is 5.45. The van der Waals surface area contributed by atoms with Gasteiger partial charge in [0.1, 0.15) is 0 Å². The van der Waals surface area contributed by atoms with Crippen LogP contribution in [0.3, 0.4) is 0 Å². The molecule has 0 spiro atoms. The molecular formula is C16H24N2O3S. The van der Waals surface area contributed by atoms with Crippen LogP contribution in [0.2, 0.25) is 0 Å². The second kappa shape index (κ2) is 7.24. The second-order valence-electron chi connectivity index (χ2n) is 5.54. The third-order valence-corrected chi connectivity index (χ3v) is 5.91. The molecule has 5 nitrogen and oxygen atoms in total. The highest BCUT2D eigenvalue weighted by Crippen LogP contribution is 2.13. The molecule has 1 aliphatic heterocycles.